The maximum atomic E-state index is 12.1. The van der Waals surface area contributed by atoms with Crippen LogP contribution in [0.25, 0.3) is 0 Å². The Morgan fingerprint density at radius 3 is 2.56 bits per heavy atom. The van der Waals surface area contributed by atoms with Crippen LogP contribution in [0.4, 0.5) is 0 Å². The van der Waals surface area contributed by atoms with Crippen LogP contribution in [0.5, 0.6) is 0 Å². The predicted molar refractivity (Wildman–Crippen MR) is 64.0 cm³/mol. The molecule has 16 heavy (non-hydrogen) atoms. The van der Waals surface area contributed by atoms with Crippen LogP contribution >= 0.6 is 0 Å². The fourth-order valence-corrected chi connectivity index (χ4v) is 3.31. The molecule has 1 saturated heterocycles. The molecule has 0 spiro atoms. The van der Waals surface area contributed by atoms with E-state index in [9.17, 15) is 4.79 Å². The van der Waals surface area contributed by atoms with Gasteiger partial charge in [0, 0.05) is 32.2 Å². The summed E-state index contributed by atoms with van der Waals surface area (Å²) in [6.45, 7) is 3.50. The first-order valence-electron chi connectivity index (χ1n) is 6.37. The Labute approximate surface area is 97.8 Å². The lowest BCUT2D eigenvalue weighted by molar-refractivity contribution is -0.144. The summed E-state index contributed by atoms with van der Waals surface area (Å²) in [6, 6.07) is 0.942. The van der Waals surface area contributed by atoms with Crippen molar-refractivity contribution in [3.63, 3.8) is 0 Å². The van der Waals surface area contributed by atoms with Gasteiger partial charge in [-0.1, -0.05) is 12.8 Å². The fraction of sp³-hybridized carbons (Fsp3) is 0.917. The van der Waals surface area contributed by atoms with Crippen LogP contribution in [-0.4, -0.2) is 54.0 Å². The SMILES string of the molecule is CC1CN(C)C(=O)C(CN)N1C1CCCC1. The Kier molecular flexibility index (Phi) is 3.50. The molecule has 1 aliphatic heterocycles. The van der Waals surface area contributed by atoms with E-state index in [4.69, 9.17) is 5.73 Å². The molecular formula is C12H23N3O. The molecule has 2 rings (SSSR count). The Morgan fingerprint density at radius 1 is 1.38 bits per heavy atom. The zero-order valence-corrected chi connectivity index (χ0v) is 10.4. The minimum absolute atomic E-state index is 0.0863. The van der Waals surface area contributed by atoms with Crippen molar-refractivity contribution in [2.75, 3.05) is 20.1 Å². The Hall–Kier alpha value is -0.610. The molecule has 2 unspecified atom stereocenters. The summed E-state index contributed by atoms with van der Waals surface area (Å²) in [5.74, 6) is 0.201. The average Bonchev–Trinajstić information content (AvgIpc) is 2.76. The Bertz CT molecular complexity index is 263. The van der Waals surface area contributed by atoms with E-state index in [2.05, 4.69) is 11.8 Å². The highest BCUT2D eigenvalue weighted by molar-refractivity contribution is 5.82. The molecule has 0 aromatic carbocycles. The van der Waals surface area contributed by atoms with Crippen molar-refractivity contribution in [3.8, 4) is 0 Å². The van der Waals surface area contributed by atoms with Gasteiger partial charge < -0.3 is 10.6 Å². The van der Waals surface area contributed by atoms with Crippen molar-refractivity contribution in [2.45, 2.75) is 50.7 Å². The van der Waals surface area contributed by atoms with Crippen molar-refractivity contribution in [3.05, 3.63) is 0 Å². The van der Waals surface area contributed by atoms with E-state index >= 15 is 0 Å². The van der Waals surface area contributed by atoms with Crippen molar-refractivity contribution in [2.24, 2.45) is 5.73 Å². The highest BCUT2D eigenvalue weighted by Crippen LogP contribution is 2.29. The van der Waals surface area contributed by atoms with Gasteiger partial charge in [0.1, 0.15) is 6.04 Å². The third-order valence-corrected chi connectivity index (χ3v) is 4.04. The third kappa shape index (κ3) is 1.96. The molecule has 2 N–H and O–H groups in total. The number of nitrogens with zero attached hydrogens (tertiary/aromatic N) is 2. The number of piperazine rings is 1. The van der Waals surface area contributed by atoms with Gasteiger partial charge in [0.15, 0.2) is 0 Å². The number of amides is 1. The molecule has 4 heteroatoms. The highest BCUT2D eigenvalue weighted by atomic mass is 16.2. The van der Waals surface area contributed by atoms with E-state index < -0.39 is 0 Å². The summed E-state index contributed by atoms with van der Waals surface area (Å²) in [5, 5.41) is 0. The van der Waals surface area contributed by atoms with E-state index in [1.807, 2.05) is 11.9 Å². The van der Waals surface area contributed by atoms with Gasteiger partial charge in [0.2, 0.25) is 5.91 Å². The van der Waals surface area contributed by atoms with Gasteiger partial charge >= 0.3 is 0 Å². The topological polar surface area (TPSA) is 49.6 Å². The van der Waals surface area contributed by atoms with Crippen molar-refractivity contribution in [1.82, 2.24) is 9.80 Å². The van der Waals surface area contributed by atoms with E-state index in [0.29, 0.717) is 18.6 Å². The number of rotatable bonds is 2. The number of likely N-dealkylation sites (N-methyl/N-ethyl adjacent to an activating group) is 1. The highest BCUT2D eigenvalue weighted by Gasteiger charge is 2.40. The Balaban J connectivity index is 2.15. The van der Waals surface area contributed by atoms with Crippen LogP contribution < -0.4 is 5.73 Å². The number of nitrogens with two attached hydrogens (primary N) is 1. The lowest BCUT2D eigenvalue weighted by Crippen LogP contribution is -2.64. The molecule has 0 aromatic heterocycles. The standard InChI is InChI=1S/C12H23N3O/c1-9-8-14(2)12(16)11(7-13)15(9)10-5-3-4-6-10/h9-11H,3-8,13H2,1-2H3. The first kappa shape index (κ1) is 11.9. The number of hydrogen-bond donors (Lipinski definition) is 1. The molecule has 1 amide bonds. The summed E-state index contributed by atoms with van der Waals surface area (Å²) in [5.41, 5.74) is 5.79. The van der Waals surface area contributed by atoms with Crippen molar-refractivity contribution >= 4 is 5.91 Å². The number of carbonyl (C=O) groups excluding carboxylic acids is 1. The van der Waals surface area contributed by atoms with Crippen LogP contribution in [-0.2, 0) is 4.79 Å². The predicted octanol–water partition coefficient (Wildman–Crippen LogP) is 0.419. The van der Waals surface area contributed by atoms with Crippen LogP contribution in [0.1, 0.15) is 32.6 Å². The summed E-state index contributed by atoms with van der Waals surface area (Å²) in [6.07, 6.45) is 5.07. The summed E-state index contributed by atoms with van der Waals surface area (Å²) < 4.78 is 0. The molecule has 2 aliphatic rings. The van der Waals surface area contributed by atoms with Crippen LogP contribution in [0.2, 0.25) is 0 Å². The zero-order chi connectivity index (χ0) is 11.7. The summed E-state index contributed by atoms with van der Waals surface area (Å²) in [4.78, 5) is 16.3. The van der Waals surface area contributed by atoms with Crippen molar-refractivity contribution < 1.29 is 4.79 Å². The molecule has 0 aromatic rings. The van der Waals surface area contributed by atoms with Gasteiger partial charge in [0.05, 0.1) is 0 Å². The van der Waals surface area contributed by atoms with Gasteiger partial charge in [-0.15, -0.1) is 0 Å². The van der Waals surface area contributed by atoms with Crippen LogP contribution in [0.3, 0.4) is 0 Å². The molecule has 1 saturated carbocycles. The monoisotopic (exact) mass is 225 g/mol. The third-order valence-electron chi connectivity index (χ3n) is 4.04. The van der Waals surface area contributed by atoms with Crippen molar-refractivity contribution in [1.29, 1.82) is 0 Å². The molecule has 4 nitrogen and oxygen atoms in total. The second-order valence-electron chi connectivity index (χ2n) is 5.20. The first-order chi connectivity index (χ1) is 7.65. The van der Waals surface area contributed by atoms with Crippen LogP contribution in [0, 0.1) is 0 Å². The zero-order valence-electron chi connectivity index (χ0n) is 10.4. The van der Waals surface area contributed by atoms with Gasteiger partial charge in [-0.3, -0.25) is 9.69 Å². The molecule has 2 atom stereocenters. The smallest absolute Gasteiger partial charge is 0.241 e. The molecule has 92 valence electrons. The lowest BCUT2D eigenvalue weighted by Gasteiger charge is -2.46. The molecular weight excluding hydrogens is 202 g/mol. The number of carbonyl (C=O) groups is 1. The molecule has 1 aliphatic carbocycles. The lowest BCUT2D eigenvalue weighted by atomic mass is 10.0. The van der Waals surface area contributed by atoms with E-state index in [1.54, 1.807) is 0 Å². The van der Waals surface area contributed by atoms with Gasteiger partial charge in [-0.05, 0) is 19.8 Å². The largest absolute Gasteiger partial charge is 0.343 e. The molecule has 0 bridgehead atoms. The summed E-state index contributed by atoms with van der Waals surface area (Å²) >= 11 is 0. The number of hydrogen-bond acceptors (Lipinski definition) is 3. The van der Waals surface area contributed by atoms with Crippen LogP contribution in [0.15, 0.2) is 0 Å². The van der Waals surface area contributed by atoms with Gasteiger partial charge in [0.25, 0.3) is 0 Å². The van der Waals surface area contributed by atoms with E-state index in [0.717, 1.165) is 6.54 Å². The summed E-state index contributed by atoms with van der Waals surface area (Å²) in [7, 11) is 1.88. The second kappa shape index (κ2) is 4.72. The van der Waals surface area contributed by atoms with E-state index in [1.165, 1.54) is 25.7 Å². The maximum Gasteiger partial charge on any atom is 0.241 e. The second-order valence-corrected chi connectivity index (χ2v) is 5.20. The van der Waals surface area contributed by atoms with E-state index in [-0.39, 0.29) is 11.9 Å². The molecule has 1 heterocycles. The fourth-order valence-electron chi connectivity index (χ4n) is 3.31. The molecule has 2 fully saturated rings. The Morgan fingerprint density at radius 2 is 2.00 bits per heavy atom. The minimum atomic E-state index is -0.0863. The average molecular weight is 225 g/mol. The first-order valence-corrected chi connectivity index (χ1v) is 6.37. The van der Waals surface area contributed by atoms with Gasteiger partial charge in [-0.25, -0.2) is 0 Å². The minimum Gasteiger partial charge on any atom is -0.343 e. The quantitative estimate of drug-likeness (QED) is 0.741. The maximum absolute atomic E-state index is 12.1. The van der Waals surface area contributed by atoms with Gasteiger partial charge in [-0.2, -0.15) is 0 Å². The molecule has 0 radical (unpaired) electrons. The normalized spacial score (nSPS) is 33.7.